The summed E-state index contributed by atoms with van der Waals surface area (Å²) >= 11 is 1.72. The normalized spacial score (nSPS) is 14.6. The Morgan fingerprint density at radius 3 is 2.90 bits per heavy atom. The number of thiophene rings is 1. The summed E-state index contributed by atoms with van der Waals surface area (Å²) < 4.78 is 0. The molecule has 0 saturated heterocycles. The van der Waals surface area contributed by atoms with E-state index in [-0.39, 0.29) is 0 Å². The van der Waals surface area contributed by atoms with Gasteiger partial charge in [-0.15, -0.1) is 11.3 Å². The lowest BCUT2D eigenvalue weighted by molar-refractivity contribution is 0.737. The summed E-state index contributed by atoms with van der Waals surface area (Å²) in [6, 6.07) is 8.51. The van der Waals surface area contributed by atoms with Crippen LogP contribution in [0.4, 0.5) is 0 Å². The average Bonchev–Trinajstić information content (AvgIpc) is 3.52. The molecule has 1 aliphatic heterocycles. The van der Waals surface area contributed by atoms with E-state index < -0.39 is 0 Å². The number of rotatable bonds is 3. The molecule has 142 valence electrons. The number of aromatic nitrogens is 5. The summed E-state index contributed by atoms with van der Waals surface area (Å²) in [5.41, 5.74) is 7.30. The van der Waals surface area contributed by atoms with Crippen LogP contribution in [0, 0.1) is 0 Å². The first kappa shape index (κ1) is 16.6. The van der Waals surface area contributed by atoms with Crippen LogP contribution < -0.4 is 5.32 Å². The second-order valence-electron chi connectivity index (χ2n) is 7.18. The van der Waals surface area contributed by atoms with Gasteiger partial charge in [-0.1, -0.05) is 12.1 Å². The van der Waals surface area contributed by atoms with Crippen molar-refractivity contribution in [1.29, 1.82) is 0 Å². The monoisotopic (exact) mass is 398 g/mol. The molecule has 0 unspecified atom stereocenters. The molecule has 0 atom stereocenters. The van der Waals surface area contributed by atoms with Crippen LogP contribution in [0.5, 0.6) is 0 Å². The van der Waals surface area contributed by atoms with Crippen LogP contribution in [-0.2, 0) is 0 Å². The molecule has 0 fully saturated rings. The summed E-state index contributed by atoms with van der Waals surface area (Å²) in [6.07, 6.45) is 8.90. The average molecular weight is 398 g/mol. The number of H-pyrrole nitrogens is 2. The maximum absolute atomic E-state index is 4.64. The molecule has 6 heterocycles. The van der Waals surface area contributed by atoms with Gasteiger partial charge in [-0.05, 0) is 42.1 Å². The number of hydrogen-bond acceptors (Lipinski definition) is 5. The lowest BCUT2D eigenvalue weighted by atomic mass is 10.0. The van der Waals surface area contributed by atoms with Gasteiger partial charge in [-0.3, -0.25) is 15.1 Å². The van der Waals surface area contributed by atoms with Crippen molar-refractivity contribution in [1.82, 2.24) is 30.5 Å². The standard InChI is InChI=1S/C22H18N6S/c1-2-21(29-7-1)16-10-24-11-19-14(16)8-18(26-19)22-15-9-17(13-3-5-23-6-4-13)25-12-20(15)27-28-22/h1-3,7-12,23,26H,4-6H2,(H,27,28). The van der Waals surface area contributed by atoms with E-state index in [1.165, 1.54) is 10.5 Å². The largest absolute Gasteiger partial charge is 0.352 e. The Balaban J connectivity index is 1.50. The Labute approximate surface area is 170 Å². The molecular formula is C22H18N6S. The minimum Gasteiger partial charge on any atom is -0.352 e. The van der Waals surface area contributed by atoms with Gasteiger partial charge in [0.05, 0.1) is 34.8 Å². The summed E-state index contributed by atoms with van der Waals surface area (Å²) in [6.45, 7) is 1.89. The molecule has 0 bridgehead atoms. The molecule has 1 aliphatic rings. The minimum atomic E-state index is 0.897. The molecule has 0 spiro atoms. The molecule has 6 rings (SSSR count). The van der Waals surface area contributed by atoms with Gasteiger partial charge in [0.25, 0.3) is 0 Å². The second kappa shape index (κ2) is 6.65. The number of nitrogens with zero attached hydrogens (tertiary/aromatic N) is 3. The van der Waals surface area contributed by atoms with Crippen molar-refractivity contribution in [3.05, 3.63) is 60.0 Å². The van der Waals surface area contributed by atoms with E-state index in [0.717, 1.165) is 64.0 Å². The van der Waals surface area contributed by atoms with Gasteiger partial charge >= 0.3 is 0 Å². The van der Waals surface area contributed by atoms with Crippen LogP contribution in [0.3, 0.4) is 0 Å². The quantitative estimate of drug-likeness (QED) is 0.415. The maximum atomic E-state index is 4.64. The minimum absolute atomic E-state index is 0.897. The lowest BCUT2D eigenvalue weighted by Crippen LogP contribution is -2.20. The summed E-state index contributed by atoms with van der Waals surface area (Å²) in [5.74, 6) is 0. The second-order valence-corrected chi connectivity index (χ2v) is 8.13. The zero-order chi connectivity index (χ0) is 19.2. The van der Waals surface area contributed by atoms with Crippen molar-refractivity contribution >= 4 is 38.7 Å². The van der Waals surface area contributed by atoms with Crippen LogP contribution >= 0.6 is 11.3 Å². The highest BCUT2D eigenvalue weighted by molar-refractivity contribution is 7.13. The highest BCUT2D eigenvalue weighted by Gasteiger charge is 2.16. The van der Waals surface area contributed by atoms with Crippen molar-refractivity contribution in [3.8, 4) is 21.8 Å². The van der Waals surface area contributed by atoms with E-state index in [4.69, 9.17) is 0 Å². The summed E-state index contributed by atoms with van der Waals surface area (Å²) in [4.78, 5) is 13.8. The fraction of sp³-hybridized carbons (Fsp3) is 0.136. The Bertz CT molecular complexity index is 1360. The van der Waals surface area contributed by atoms with Crippen LogP contribution in [0.25, 0.3) is 49.2 Å². The highest BCUT2D eigenvalue weighted by atomic mass is 32.1. The van der Waals surface area contributed by atoms with E-state index in [1.807, 2.05) is 18.6 Å². The fourth-order valence-electron chi connectivity index (χ4n) is 3.96. The Morgan fingerprint density at radius 1 is 1.03 bits per heavy atom. The van der Waals surface area contributed by atoms with E-state index in [0.29, 0.717) is 0 Å². The first-order valence-corrected chi connectivity index (χ1v) is 10.5. The molecule has 5 aromatic heterocycles. The van der Waals surface area contributed by atoms with Crippen LogP contribution in [-0.4, -0.2) is 38.2 Å². The van der Waals surface area contributed by atoms with E-state index in [1.54, 1.807) is 11.3 Å². The zero-order valence-electron chi connectivity index (χ0n) is 15.6. The van der Waals surface area contributed by atoms with Gasteiger partial charge < -0.3 is 10.3 Å². The molecule has 6 nitrogen and oxygen atoms in total. The predicted molar refractivity (Wildman–Crippen MR) is 118 cm³/mol. The Kier molecular flexibility index (Phi) is 3.82. The Hall–Kier alpha value is -3.29. The van der Waals surface area contributed by atoms with Crippen molar-refractivity contribution in [3.63, 3.8) is 0 Å². The van der Waals surface area contributed by atoms with Gasteiger partial charge in [-0.2, -0.15) is 5.10 Å². The number of hydrogen-bond donors (Lipinski definition) is 3. The first-order valence-electron chi connectivity index (χ1n) is 9.62. The van der Waals surface area contributed by atoms with Crippen molar-refractivity contribution in [2.45, 2.75) is 6.42 Å². The number of pyridine rings is 2. The molecule has 0 radical (unpaired) electrons. The van der Waals surface area contributed by atoms with Crippen LogP contribution in [0.15, 0.2) is 54.3 Å². The number of fused-ring (bicyclic) bond motifs is 2. The molecule has 3 N–H and O–H groups in total. The summed E-state index contributed by atoms with van der Waals surface area (Å²) in [7, 11) is 0. The Morgan fingerprint density at radius 2 is 2.03 bits per heavy atom. The molecule has 0 aliphatic carbocycles. The fourth-order valence-corrected chi connectivity index (χ4v) is 4.71. The third kappa shape index (κ3) is 2.78. The molecule has 0 amide bonds. The number of nitrogens with one attached hydrogen (secondary N) is 3. The van der Waals surface area contributed by atoms with Crippen molar-refractivity contribution in [2.24, 2.45) is 0 Å². The molecular weight excluding hydrogens is 380 g/mol. The van der Waals surface area contributed by atoms with E-state index >= 15 is 0 Å². The van der Waals surface area contributed by atoms with Gasteiger partial charge in [0.1, 0.15) is 5.69 Å². The third-order valence-electron chi connectivity index (χ3n) is 5.43. The summed E-state index contributed by atoms with van der Waals surface area (Å²) in [5, 5.41) is 15.4. The van der Waals surface area contributed by atoms with E-state index in [9.17, 15) is 0 Å². The van der Waals surface area contributed by atoms with Crippen molar-refractivity contribution < 1.29 is 0 Å². The molecule has 5 aromatic rings. The molecule has 7 heteroatoms. The SMILES string of the molecule is C1=C(c2cc3c(-c4cc5c(-c6cccs6)cncc5[nH]4)n[nH]c3cn2)CCNC1. The number of aromatic amines is 2. The van der Waals surface area contributed by atoms with Gasteiger partial charge in [0, 0.05) is 34.0 Å². The van der Waals surface area contributed by atoms with Gasteiger partial charge in [0.2, 0.25) is 0 Å². The van der Waals surface area contributed by atoms with Crippen molar-refractivity contribution in [2.75, 3.05) is 13.1 Å². The van der Waals surface area contributed by atoms with Crippen LogP contribution in [0.2, 0.25) is 0 Å². The third-order valence-corrected chi connectivity index (χ3v) is 6.33. The lowest BCUT2D eigenvalue weighted by Gasteiger charge is -2.13. The molecule has 0 aromatic carbocycles. The smallest absolute Gasteiger partial charge is 0.116 e. The van der Waals surface area contributed by atoms with Gasteiger partial charge in [0.15, 0.2) is 0 Å². The van der Waals surface area contributed by atoms with Gasteiger partial charge in [-0.25, -0.2) is 0 Å². The van der Waals surface area contributed by atoms with Crippen LogP contribution in [0.1, 0.15) is 12.1 Å². The molecule has 0 saturated carbocycles. The highest BCUT2D eigenvalue weighted by Crippen LogP contribution is 2.35. The zero-order valence-corrected chi connectivity index (χ0v) is 16.4. The first-order chi connectivity index (χ1) is 14.4. The molecule has 29 heavy (non-hydrogen) atoms. The predicted octanol–water partition coefficient (Wildman–Crippen LogP) is 4.61. The maximum Gasteiger partial charge on any atom is 0.116 e. The topological polar surface area (TPSA) is 82.3 Å². The van der Waals surface area contributed by atoms with E-state index in [2.05, 4.69) is 66.2 Å².